The first-order chi connectivity index (χ1) is 9.24. The molecule has 0 saturated carbocycles. The van der Waals surface area contributed by atoms with Gasteiger partial charge in [0.25, 0.3) is 0 Å². The van der Waals surface area contributed by atoms with E-state index in [-0.39, 0.29) is 25.4 Å². The fourth-order valence-corrected chi connectivity index (χ4v) is 2.41. The molecule has 0 unspecified atom stereocenters. The van der Waals surface area contributed by atoms with Crippen LogP contribution in [-0.4, -0.2) is 30.3 Å². The van der Waals surface area contributed by atoms with Gasteiger partial charge in [0, 0.05) is 5.56 Å². The third-order valence-corrected chi connectivity index (χ3v) is 3.38. The van der Waals surface area contributed by atoms with Crippen LogP contribution in [0.2, 0.25) is 0 Å². The second kappa shape index (κ2) is 6.13. The molecular weight excluding hydrogens is 238 g/mol. The number of carbonyl (C=O) groups excluding carboxylic acids is 1. The Morgan fingerprint density at radius 2 is 1.84 bits per heavy atom. The number of fused-ring (bicyclic) bond motifs is 1. The molecule has 0 fully saturated rings. The maximum Gasteiger partial charge on any atom is 0.176 e. The quantitative estimate of drug-likeness (QED) is 0.591. The Morgan fingerprint density at radius 3 is 2.53 bits per heavy atom. The summed E-state index contributed by atoms with van der Waals surface area (Å²) in [6.07, 6.45) is 3.29. The average Bonchev–Trinajstić information content (AvgIpc) is 2.86. The number of ketones is 1. The summed E-state index contributed by atoms with van der Waals surface area (Å²) < 4.78 is 0. The molecule has 0 aliphatic heterocycles. The van der Waals surface area contributed by atoms with Crippen LogP contribution in [0.1, 0.15) is 27.9 Å². The Hall–Kier alpha value is -2.17. The molecule has 96 valence electrons. The minimum Gasteiger partial charge on any atom is -0.293 e. The number of hydrogen-bond acceptors (Lipinski definition) is 4. The minimum atomic E-state index is -0.0276. The van der Waals surface area contributed by atoms with E-state index in [0.717, 1.165) is 19.3 Å². The van der Waals surface area contributed by atoms with Crippen molar-refractivity contribution in [3.8, 4) is 12.1 Å². The molecule has 0 saturated heterocycles. The molecule has 1 aliphatic carbocycles. The van der Waals surface area contributed by atoms with Gasteiger partial charge in [-0.3, -0.25) is 9.69 Å². The van der Waals surface area contributed by atoms with Crippen molar-refractivity contribution >= 4 is 5.78 Å². The molecule has 0 heterocycles. The van der Waals surface area contributed by atoms with Crippen molar-refractivity contribution in [3.05, 3.63) is 34.9 Å². The predicted octanol–water partition coefficient (Wildman–Crippen LogP) is 1.71. The number of hydrogen-bond donors (Lipinski definition) is 0. The minimum absolute atomic E-state index is 0.0276. The summed E-state index contributed by atoms with van der Waals surface area (Å²) in [5, 5.41) is 17.3. The molecule has 0 atom stereocenters. The number of benzene rings is 1. The molecule has 0 bridgehead atoms. The van der Waals surface area contributed by atoms with E-state index in [1.807, 2.05) is 30.3 Å². The van der Waals surface area contributed by atoms with Gasteiger partial charge in [-0.1, -0.05) is 12.1 Å². The molecule has 4 nitrogen and oxygen atoms in total. The number of nitrogens with zero attached hydrogens (tertiary/aromatic N) is 3. The number of nitriles is 2. The highest BCUT2D eigenvalue weighted by Crippen LogP contribution is 2.23. The highest BCUT2D eigenvalue weighted by molar-refractivity contribution is 5.97. The van der Waals surface area contributed by atoms with Gasteiger partial charge < -0.3 is 0 Å². The molecule has 0 radical (unpaired) electrons. The SMILES string of the molecule is N#CCN(CC#N)CC(=O)c1ccc2c(c1)CCC2. The number of aryl methyl sites for hydroxylation is 2. The first-order valence-corrected chi connectivity index (χ1v) is 6.36. The van der Waals surface area contributed by atoms with Crippen molar-refractivity contribution in [1.29, 1.82) is 10.5 Å². The second-order valence-electron chi connectivity index (χ2n) is 4.72. The van der Waals surface area contributed by atoms with Crippen LogP contribution in [-0.2, 0) is 12.8 Å². The van der Waals surface area contributed by atoms with Crippen LogP contribution in [0.15, 0.2) is 18.2 Å². The van der Waals surface area contributed by atoms with Crippen LogP contribution in [0.5, 0.6) is 0 Å². The van der Waals surface area contributed by atoms with Gasteiger partial charge in [0.2, 0.25) is 0 Å². The second-order valence-corrected chi connectivity index (χ2v) is 4.72. The van der Waals surface area contributed by atoms with Crippen LogP contribution >= 0.6 is 0 Å². The molecular formula is C15H15N3O. The van der Waals surface area contributed by atoms with Gasteiger partial charge in [0.05, 0.1) is 31.8 Å². The first kappa shape index (κ1) is 13.3. The number of Topliss-reactive ketones (excluding diaryl/α,β-unsaturated/α-hetero) is 1. The first-order valence-electron chi connectivity index (χ1n) is 6.36. The fourth-order valence-electron chi connectivity index (χ4n) is 2.41. The van der Waals surface area contributed by atoms with E-state index in [1.165, 1.54) is 11.1 Å². The summed E-state index contributed by atoms with van der Waals surface area (Å²) in [7, 11) is 0. The zero-order valence-corrected chi connectivity index (χ0v) is 10.7. The van der Waals surface area contributed by atoms with Gasteiger partial charge in [-0.2, -0.15) is 10.5 Å². The maximum atomic E-state index is 12.1. The lowest BCUT2D eigenvalue weighted by Gasteiger charge is -2.14. The number of rotatable bonds is 5. The van der Waals surface area contributed by atoms with Crippen molar-refractivity contribution in [2.45, 2.75) is 19.3 Å². The van der Waals surface area contributed by atoms with Crippen molar-refractivity contribution in [2.75, 3.05) is 19.6 Å². The Labute approximate surface area is 112 Å². The van der Waals surface area contributed by atoms with Crippen LogP contribution in [0, 0.1) is 22.7 Å². The highest BCUT2D eigenvalue weighted by Gasteiger charge is 2.16. The van der Waals surface area contributed by atoms with Crippen molar-refractivity contribution < 1.29 is 4.79 Å². The molecule has 0 N–H and O–H groups in total. The average molecular weight is 253 g/mol. The molecule has 0 amide bonds. The van der Waals surface area contributed by atoms with Crippen molar-refractivity contribution in [3.63, 3.8) is 0 Å². The topological polar surface area (TPSA) is 67.9 Å². The van der Waals surface area contributed by atoms with Crippen LogP contribution < -0.4 is 0 Å². The van der Waals surface area contributed by atoms with E-state index in [9.17, 15) is 4.79 Å². The van der Waals surface area contributed by atoms with E-state index >= 15 is 0 Å². The molecule has 1 aromatic carbocycles. The van der Waals surface area contributed by atoms with E-state index in [0.29, 0.717) is 5.56 Å². The van der Waals surface area contributed by atoms with Gasteiger partial charge >= 0.3 is 0 Å². The zero-order chi connectivity index (χ0) is 13.7. The predicted molar refractivity (Wildman–Crippen MR) is 70.5 cm³/mol. The summed E-state index contributed by atoms with van der Waals surface area (Å²) in [4.78, 5) is 13.7. The maximum absolute atomic E-state index is 12.1. The van der Waals surface area contributed by atoms with E-state index in [1.54, 1.807) is 4.90 Å². The van der Waals surface area contributed by atoms with Gasteiger partial charge in [-0.15, -0.1) is 0 Å². The van der Waals surface area contributed by atoms with Crippen molar-refractivity contribution in [2.24, 2.45) is 0 Å². The van der Waals surface area contributed by atoms with Gasteiger partial charge in [-0.25, -0.2) is 0 Å². The van der Waals surface area contributed by atoms with E-state index in [4.69, 9.17) is 10.5 Å². The van der Waals surface area contributed by atoms with E-state index < -0.39 is 0 Å². The van der Waals surface area contributed by atoms with E-state index in [2.05, 4.69) is 0 Å². The molecule has 0 aromatic heterocycles. The van der Waals surface area contributed by atoms with Crippen LogP contribution in [0.4, 0.5) is 0 Å². The summed E-state index contributed by atoms with van der Waals surface area (Å²) in [6, 6.07) is 9.78. The normalized spacial score (nSPS) is 12.8. The third kappa shape index (κ3) is 3.19. The summed E-state index contributed by atoms with van der Waals surface area (Å²) in [6.45, 7) is 0.328. The van der Waals surface area contributed by atoms with Crippen LogP contribution in [0.3, 0.4) is 0 Å². The monoisotopic (exact) mass is 253 g/mol. The summed E-state index contributed by atoms with van der Waals surface area (Å²) >= 11 is 0. The number of carbonyl (C=O) groups is 1. The Bertz CT molecular complexity index is 550. The molecule has 2 rings (SSSR count). The summed E-state index contributed by atoms with van der Waals surface area (Å²) in [5.74, 6) is -0.0276. The van der Waals surface area contributed by atoms with Gasteiger partial charge in [-0.05, 0) is 36.5 Å². The lowest BCUT2D eigenvalue weighted by Crippen LogP contribution is -2.30. The summed E-state index contributed by atoms with van der Waals surface area (Å²) in [5.41, 5.74) is 3.28. The lowest BCUT2D eigenvalue weighted by molar-refractivity contribution is 0.0946. The molecule has 19 heavy (non-hydrogen) atoms. The Balaban J connectivity index is 2.07. The Kier molecular flexibility index (Phi) is 4.28. The highest BCUT2D eigenvalue weighted by atomic mass is 16.1. The Morgan fingerprint density at radius 1 is 1.16 bits per heavy atom. The smallest absolute Gasteiger partial charge is 0.176 e. The molecule has 1 aliphatic rings. The third-order valence-electron chi connectivity index (χ3n) is 3.38. The lowest BCUT2D eigenvalue weighted by atomic mass is 10.0. The fraction of sp³-hybridized carbons (Fsp3) is 0.400. The molecule has 0 spiro atoms. The largest absolute Gasteiger partial charge is 0.293 e. The van der Waals surface area contributed by atoms with Gasteiger partial charge in [0.15, 0.2) is 5.78 Å². The van der Waals surface area contributed by atoms with Crippen LogP contribution in [0.25, 0.3) is 0 Å². The standard InChI is InChI=1S/C15H15N3O/c16-6-8-18(9-7-17)11-15(19)14-5-4-12-2-1-3-13(12)10-14/h4-5,10H,1-3,8-9,11H2. The van der Waals surface area contributed by atoms with Crippen molar-refractivity contribution in [1.82, 2.24) is 4.90 Å². The zero-order valence-electron chi connectivity index (χ0n) is 10.7. The van der Waals surface area contributed by atoms with Gasteiger partial charge in [0.1, 0.15) is 0 Å². The molecule has 1 aromatic rings. The molecule has 4 heteroatoms.